The van der Waals surface area contributed by atoms with Crippen LogP contribution in [0.2, 0.25) is 0 Å². The van der Waals surface area contributed by atoms with Crippen molar-refractivity contribution in [3.05, 3.63) is 83.9 Å². The van der Waals surface area contributed by atoms with E-state index in [1.807, 2.05) is 75.5 Å². The van der Waals surface area contributed by atoms with Gasteiger partial charge in [-0.05, 0) is 88.6 Å². The number of aromatic nitrogens is 3. The number of carbonyl (C=O) groups is 2. The van der Waals surface area contributed by atoms with Crippen LogP contribution >= 0.6 is 0 Å². The van der Waals surface area contributed by atoms with Crippen molar-refractivity contribution in [2.24, 2.45) is 0 Å². The molecule has 0 aliphatic carbocycles. The first-order chi connectivity index (χ1) is 20.2. The number of amides is 1. The van der Waals surface area contributed by atoms with E-state index in [0.717, 1.165) is 46.4 Å². The lowest BCUT2D eigenvalue weighted by Gasteiger charge is -2.31. The van der Waals surface area contributed by atoms with Crippen molar-refractivity contribution >= 4 is 28.8 Å². The third-order valence-corrected chi connectivity index (χ3v) is 7.06. The summed E-state index contributed by atoms with van der Waals surface area (Å²) in [7, 11) is 0. The van der Waals surface area contributed by atoms with Crippen molar-refractivity contribution in [3.8, 4) is 5.75 Å². The van der Waals surface area contributed by atoms with E-state index in [1.165, 1.54) is 0 Å². The van der Waals surface area contributed by atoms with Crippen LogP contribution in [0.3, 0.4) is 0 Å². The highest BCUT2D eigenvalue weighted by molar-refractivity contribution is 5.88. The van der Waals surface area contributed by atoms with Crippen LogP contribution < -0.4 is 9.64 Å². The van der Waals surface area contributed by atoms with E-state index in [2.05, 4.69) is 15.6 Å². The number of nitrogens with zero attached hydrogens (tertiary/aromatic N) is 4. The zero-order valence-electron chi connectivity index (χ0n) is 24.7. The molecule has 1 atom stereocenters. The molecule has 5 rings (SSSR count). The fourth-order valence-electron chi connectivity index (χ4n) is 5.19. The normalized spacial score (nSPS) is 13.9. The second kappa shape index (κ2) is 12.6. The summed E-state index contributed by atoms with van der Waals surface area (Å²) in [4.78, 5) is 36.2. The Balaban J connectivity index is 1.28. The second-order valence-electron chi connectivity index (χ2n) is 11.3. The number of hydrogen-bond acceptors (Lipinski definition) is 7. The van der Waals surface area contributed by atoms with E-state index < -0.39 is 5.60 Å². The smallest absolute Gasteiger partial charge is 0.416 e. The van der Waals surface area contributed by atoms with Crippen molar-refractivity contribution in [1.82, 2.24) is 14.5 Å². The molecule has 1 aliphatic rings. The highest BCUT2D eigenvalue weighted by atomic mass is 16.6. The maximum absolute atomic E-state index is 12.8. The highest BCUT2D eigenvalue weighted by Gasteiger charge is 2.28. The van der Waals surface area contributed by atoms with Gasteiger partial charge in [0, 0.05) is 42.0 Å². The summed E-state index contributed by atoms with van der Waals surface area (Å²) in [5.74, 6) is 1.16. The second-order valence-corrected chi connectivity index (χ2v) is 11.3. The molecular weight excluding hydrogens is 532 g/mol. The lowest BCUT2D eigenvalue weighted by atomic mass is 10.1. The number of esters is 1. The number of rotatable bonds is 9. The molecule has 1 unspecified atom stereocenters. The molecule has 4 aromatic rings. The molecule has 220 valence electrons. The number of anilines is 1. The van der Waals surface area contributed by atoms with Gasteiger partial charge in [-0.2, -0.15) is 0 Å². The first-order valence-electron chi connectivity index (χ1n) is 14.5. The predicted octanol–water partition coefficient (Wildman–Crippen LogP) is 6.28. The van der Waals surface area contributed by atoms with E-state index in [0.29, 0.717) is 32.0 Å². The van der Waals surface area contributed by atoms with Crippen LogP contribution in [-0.2, 0) is 27.1 Å². The van der Waals surface area contributed by atoms with Gasteiger partial charge in [-0.1, -0.05) is 12.1 Å². The fourth-order valence-corrected chi connectivity index (χ4v) is 5.19. The number of fused-ring (bicyclic) bond motifs is 2. The Kier molecular flexibility index (Phi) is 8.75. The Labute approximate surface area is 246 Å². The molecular formula is C33H38N4O5. The number of ether oxygens (including phenoxy) is 3. The van der Waals surface area contributed by atoms with E-state index in [-0.39, 0.29) is 24.5 Å². The summed E-state index contributed by atoms with van der Waals surface area (Å²) < 4.78 is 19.0. The fraction of sp³-hybridized carbons (Fsp3) is 0.394. The molecule has 4 heterocycles. The predicted molar refractivity (Wildman–Crippen MR) is 161 cm³/mol. The average molecular weight is 571 g/mol. The van der Waals surface area contributed by atoms with Crippen LogP contribution in [0.1, 0.15) is 63.5 Å². The summed E-state index contributed by atoms with van der Waals surface area (Å²) in [5.41, 5.74) is 3.11. The van der Waals surface area contributed by atoms with E-state index in [9.17, 15) is 9.59 Å². The minimum absolute atomic E-state index is 0.187. The Hall–Kier alpha value is -4.40. The van der Waals surface area contributed by atoms with E-state index >= 15 is 0 Å². The van der Waals surface area contributed by atoms with Gasteiger partial charge < -0.3 is 18.8 Å². The van der Waals surface area contributed by atoms with Crippen LogP contribution in [0.25, 0.3) is 10.9 Å². The Morgan fingerprint density at radius 3 is 2.69 bits per heavy atom. The van der Waals surface area contributed by atoms with Crippen molar-refractivity contribution in [2.75, 3.05) is 24.7 Å². The van der Waals surface area contributed by atoms with Gasteiger partial charge in [-0.15, -0.1) is 0 Å². The number of benzene rings is 1. The molecule has 1 aliphatic heterocycles. The molecule has 0 radical (unpaired) electrons. The monoisotopic (exact) mass is 570 g/mol. The summed E-state index contributed by atoms with van der Waals surface area (Å²) in [6, 6.07) is 17.4. The summed E-state index contributed by atoms with van der Waals surface area (Å²) in [6.07, 6.45) is 5.89. The number of carbonyl (C=O) groups excluding carboxylic acids is 2. The van der Waals surface area contributed by atoms with Crippen LogP contribution in [0.15, 0.2) is 67.0 Å². The lowest BCUT2D eigenvalue weighted by molar-refractivity contribution is -0.143. The van der Waals surface area contributed by atoms with Gasteiger partial charge in [0.05, 0.1) is 31.4 Å². The molecule has 42 heavy (non-hydrogen) atoms. The number of pyridine rings is 2. The minimum atomic E-state index is -0.567. The summed E-state index contributed by atoms with van der Waals surface area (Å²) in [6.45, 7) is 8.77. The molecule has 1 aromatic carbocycles. The van der Waals surface area contributed by atoms with Crippen molar-refractivity contribution in [1.29, 1.82) is 0 Å². The zero-order valence-corrected chi connectivity index (χ0v) is 24.7. The average Bonchev–Trinajstić information content (AvgIpc) is 3.38. The maximum Gasteiger partial charge on any atom is 0.416 e. The Morgan fingerprint density at radius 2 is 1.93 bits per heavy atom. The molecule has 1 amide bonds. The summed E-state index contributed by atoms with van der Waals surface area (Å²) >= 11 is 0. The highest BCUT2D eigenvalue weighted by Crippen LogP contribution is 2.30. The zero-order chi connectivity index (χ0) is 29.7. The third kappa shape index (κ3) is 6.90. The summed E-state index contributed by atoms with van der Waals surface area (Å²) in [5, 5.41) is 0.997. The lowest BCUT2D eigenvalue weighted by Crippen LogP contribution is -2.40. The molecule has 0 spiro atoms. The largest absolute Gasteiger partial charge is 0.493 e. The van der Waals surface area contributed by atoms with Crippen LogP contribution in [0.5, 0.6) is 5.75 Å². The topological polar surface area (TPSA) is 95.8 Å². The molecule has 0 N–H and O–H groups in total. The molecule has 9 nitrogen and oxygen atoms in total. The van der Waals surface area contributed by atoms with Gasteiger partial charge in [0.15, 0.2) is 0 Å². The number of aryl methyl sites for hydroxylation is 1. The van der Waals surface area contributed by atoms with Gasteiger partial charge in [0.25, 0.3) is 0 Å². The SMILES string of the molecule is CCOC(=O)CC(c1ccccn1)n1ccc2cc(OCCc3ccc4c(n3)N(C(=O)OC(C)(C)C)CCC4)ccc21. The van der Waals surface area contributed by atoms with Gasteiger partial charge in [0.1, 0.15) is 17.2 Å². The minimum Gasteiger partial charge on any atom is -0.493 e. The molecule has 0 saturated heterocycles. The van der Waals surface area contributed by atoms with Crippen molar-refractivity contribution in [3.63, 3.8) is 0 Å². The third-order valence-electron chi connectivity index (χ3n) is 7.06. The van der Waals surface area contributed by atoms with Crippen LogP contribution in [0.4, 0.5) is 10.6 Å². The Bertz CT molecular complexity index is 1540. The molecule has 3 aromatic heterocycles. The standard InChI is InChI=1S/C33H38N4O5/c1-5-40-30(38)22-29(27-10-6-7-17-34-27)36-19-15-24-21-26(13-14-28(24)36)41-20-16-25-12-11-23-9-8-18-37(31(23)35-25)32(39)42-33(2,3)4/h6-7,10-15,17,19,21,29H,5,8-9,16,18,20,22H2,1-4H3. The van der Waals surface area contributed by atoms with Gasteiger partial charge >= 0.3 is 12.1 Å². The molecule has 0 fully saturated rings. The van der Waals surface area contributed by atoms with Crippen molar-refractivity contribution < 1.29 is 23.8 Å². The van der Waals surface area contributed by atoms with Crippen LogP contribution in [0, 0.1) is 0 Å². The maximum atomic E-state index is 12.8. The quantitative estimate of drug-likeness (QED) is 0.219. The molecule has 0 bridgehead atoms. The van der Waals surface area contributed by atoms with Crippen molar-refractivity contribution in [2.45, 2.75) is 65.0 Å². The van der Waals surface area contributed by atoms with Gasteiger partial charge in [0.2, 0.25) is 0 Å². The van der Waals surface area contributed by atoms with E-state index in [4.69, 9.17) is 19.2 Å². The first kappa shape index (κ1) is 29.1. The van der Waals surface area contributed by atoms with E-state index in [1.54, 1.807) is 18.0 Å². The van der Waals surface area contributed by atoms with Crippen LogP contribution in [-0.4, -0.2) is 52.0 Å². The first-order valence-corrected chi connectivity index (χ1v) is 14.5. The van der Waals surface area contributed by atoms with Gasteiger partial charge in [-0.3, -0.25) is 14.7 Å². The Morgan fingerprint density at radius 1 is 1.07 bits per heavy atom. The molecule has 0 saturated carbocycles. The molecule has 9 heteroatoms. The number of hydrogen-bond donors (Lipinski definition) is 0. The van der Waals surface area contributed by atoms with Gasteiger partial charge in [-0.25, -0.2) is 9.78 Å².